The summed E-state index contributed by atoms with van der Waals surface area (Å²) in [5.41, 5.74) is 0.516. The highest BCUT2D eigenvalue weighted by atomic mass is 32.2. The van der Waals surface area contributed by atoms with Gasteiger partial charge in [0, 0.05) is 17.7 Å². The Morgan fingerprint density at radius 3 is 2.41 bits per heavy atom. The van der Waals surface area contributed by atoms with Crippen LogP contribution in [-0.2, 0) is 23.9 Å². The summed E-state index contributed by atoms with van der Waals surface area (Å²) in [7, 11) is 0. The van der Waals surface area contributed by atoms with Crippen molar-refractivity contribution in [2.75, 3.05) is 6.26 Å². The Kier molecular flexibility index (Phi) is 7.54. The van der Waals surface area contributed by atoms with Crippen molar-refractivity contribution in [1.82, 2.24) is 9.78 Å². The van der Waals surface area contributed by atoms with Crippen molar-refractivity contribution < 1.29 is 27.8 Å². The van der Waals surface area contributed by atoms with Gasteiger partial charge in [0.05, 0.1) is 24.3 Å². The number of hydrogen-bond donors (Lipinski definition) is 1. The number of aromatic nitrogens is 2. The topological polar surface area (TPSA) is 56.5 Å². The van der Waals surface area contributed by atoms with Crippen molar-refractivity contribution in [3.63, 3.8) is 0 Å². The van der Waals surface area contributed by atoms with E-state index in [9.17, 15) is 18.3 Å². The van der Waals surface area contributed by atoms with Gasteiger partial charge in [-0.1, -0.05) is 42.5 Å². The number of alkyl halides is 3. The first-order valence-electron chi connectivity index (χ1n) is 11.1. The minimum atomic E-state index is -4.64. The van der Waals surface area contributed by atoms with Gasteiger partial charge in [-0.2, -0.15) is 13.2 Å². The number of halogens is 3. The SMILES string of the molecule is CSc1ccc(Cc2c(O[C@H]3C[C@@H](O)C[C@@H](C)O3)nn(Cc3ccccc3)c2C(F)(F)F)cc1. The van der Waals surface area contributed by atoms with E-state index in [1.807, 2.05) is 36.6 Å². The van der Waals surface area contributed by atoms with Gasteiger partial charge in [0.1, 0.15) is 5.69 Å². The van der Waals surface area contributed by atoms with Gasteiger partial charge in [0.2, 0.25) is 12.2 Å². The number of benzene rings is 2. The zero-order valence-corrected chi connectivity index (χ0v) is 19.8. The molecular weight excluding hydrogens is 465 g/mol. The molecule has 1 saturated heterocycles. The molecule has 1 N–H and O–H groups in total. The summed E-state index contributed by atoms with van der Waals surface area (Å²) in [6.07, 6.45) is -3.89. The molecule has 3 aromatic rings. The molecule has 182 valence electrons. The van der Waals surface area contributed by atoms with Crippen LogP contribution in [0, 0.1) is 0 Å². The molecule has 0 spiro atoms. The average molecular weight is 493 g/mol. The quantitative estimate of drug-likeness (QED) is 0.440. The Morgan fingerprint density at radius 2 is 1.79 bits per heavy atom. The fraction of sp³-hybridized carbons (Fsp3) is 0.400. The van der Waals surface area contributed by atoms with Gasteiger partial charge in [-0.3, -0.25) is 4.68 Å². The molecule has 2 aromatic carbocycles. The van der Waals surface area contributed by atoms with E-state index in [2.05, 4.69) is 5.10 Å². The van der Waals surface area contributed by atoms with E-state index in [0.717, 1.165) is 9.58 Å². The van der Waals surface area contributed by atoms with Crippen LogP contribution in [0.25, 0.3) is 0 Å². The van der Waals surface area contributed by atoms with Crippen molar-refractivity contribution >= 4 is 11.8 Å². The summed E-state index contributed by atoms with van der Waals surface area (Å²) in [5.74, 6) is -0.122. The third kappa shape index (κ3) is 5.95. The lowest BCUT2D eigenvalue weighted by atomic mass is 10.0. The number of thioether (sulfide) groups is 1. The van der Waals surface area contributed by atoms with E-state index >= 15 is 0 Å². The van der Waals surface area contributed by atoms with Crippen molar-refractivity contribution in [2.24, 2.45) is 0 Å². The molecule has 1 aliphatic heterocycles. The smallest absolute Gasteiger partial charge is 0.433 e. The Hall–Kier alpha value is -2.49. The Morgan fingerprint density at radius 1 is 1.09 bits per heavy atom. The van der Waals surface area contributed by atoms with Gasteiger partial charge in [0.15, 0.2) is 0 Å². The van der Waals surface area contributed by atoms with Crippen LogP contribution in [0.2, 0.25) is 0 Å². The number of hydrogen-bond acceptors (Lipinski definition) is 5. The van der Waals surface area contributed by atoms with Crippen LogP contribution in [-0.4, -0.2) is 39.6 Å². The maximum Gasteiger partial charge on any atom is 0.433 e. The zero-order valence-electron chi connectivity index (χ0n) is 19.0. The highest BCUT2D eigenvalue weighted by molar-refractivity contribution is 7.98. The molecule has 0 radical (unpaired) electrons. The summed E-state index contributed by atoms with van der Waals surface area (Å²) < 4.78 is 55.6. The highest BCUT2D eigenvalue weighted by Gasteiger charge is 2.41. The summed E-state index contributed by atoms with van der Waals surface area (Å²) in [6, 6.07) is 16.3. The summed E-state index contributed by atoms with van der Waals surface area (Å²) in [4.78, 5) is 1.02. The predicted molar refractivity (Wildman–Crippen MR) is 124 cm³/mol. The normalized spacial score (nSPS) is 20.9. The second-order valence-electron chi connectivity index (χ2n) is 8.42. The van der Waals surface area contributed by atoms with Crippen LogP contribution < -0.4 is 4.74 Å². The van der Waals surface area contributed by atoms with E-state index in [1.165, 1.54) is 0 Å². The summed E-state index contributed by atoms with van der Waals surface area (Å²) in [6.45, 7) is 1.74. The zero-order chi connectivity index (χ0) is 24.3. The lowest BCUT2D eigenvalue weighted by Crippen LogP contribution is -2.37. The highest BCUT2D eigenvalue weighted by Crippen LogP contribution is 2.39. The lowest BCUT2D eigenvalue weighted by molar-refractivity contribution is -0.171. The minimum Gasteiger partial charge on any atom is -0.446 e. The second kappa shape index (κ2) is 10.4. The minimum absolute atomic E-state index is 0.00153. The molecular formula is C25H27F3N2O3S. The first-order valence-corrected chi connectivity index (χ1v) is 12.3. The molecule has 3 atom stereocenters. The molecule has 1 fully saturated rings. The molecule has 5 nitrogen and oxygen atoms in total. The van der Waals surface area contributed by atoms with Gasteiger partial charge in [-0.05, 0) is 42.9 Å². The van der Waals surface area contributed by atoms with Gasteiger partial charge in [0.25, 0.3) is 0 Å². The maximum absolute atomic E-state index is 14.4. The van der Waals surface area contributed by atoms with Crippen LogP contribution >= 0.6 is 11.8 Å². The standard InChI is InChI=1S/C25H27F3N2O3S/c1-16-12-19(31)14-22(32-16)33-24-21(13-17-8-10-20(34-2)11-9-17)23(25(26,27)28)30(29-24)15-18-6-4-3-5-7-18/h3-11,16,19,22,31H,12-15H2,1-2H3/t16-,19+,22+/m1/s1. The molecule has 1 aromatic heterocycles. The molecule has 0 amide bonds. The molecule has 2 heterocycles. The average Bonchev–Trinajstić information content (AvgIpc) is 3.10. The van der Waals surface area contributed by atoms with E-state index < -0.39 is 24.3 Å². The monoisotopic (exact) mass is 492 g/mol. The number of aliphatic hydroxyl groups is 1. The largest absolute Gasteiger partial charge is 0.446 e. The third-order valence-electron chi connectivity index (χ3n) is 5.69. The van der Waals surface area contributed by atoms with Gasteiger partial charge < -0.3 is 14.6 Å². The van der Waals surface area contributed by atoms with Crippen LogP contribution in [0.15, 0.2) is 59.5 Å². The molecule has 0 unspecified atom stereocenters. The fourth-order valence-electron chi connectivity index (χ4n) is 4.14. The third-order valence-corrected chi connectivity index (χ3v) is 6.44. The molecule has 9 heteroatoms. The van der Waals surface area contributed by atoms with Gasteiger partial charge in [-0.25, -0.2) is 0 Å². The molecule has 0 bridgehead atoms. The molecule has 0 saturated carbocycles. The second-order valence-corrected chi connectivity index (χ2v) is 9.30. The van der Waals surface area contributed by atoms with E-state index in [-0.39, 0.29) is 36.9 Å². The van der Waals surface area contributed by atoms with Gasteiger partial charge >= 0.3 is 6.18 Å². The maximum atomic E-state index is 14.4. The number of ether oxygens (including phenoxy) is 2. The van der Waals surface area contributed by atoms with Gasteiger partial charge in [-0.15, -0.1) is 16.9 Å². The molecule has 4 rings (SSSR count). The number of aliphatic hydroxyl groups excluding tert-OH is 1. The molecule has 1 aliphatic rings. The summed E-state index contributed by atoms with van der Waals surface area (Å²) >= 11 is 1.56. The Bertz CT molecular complexity index is 1080. The van der Waals surface area contributed by atoms with Crippen molar-refractivity contribution in [3.05, 3.63) is 77.0 Å². The van der Waals surface area contributed by atoms with Crippen molar-refractivity contribution in [2.45, 2.75) is 62.3 Å². The van der Waals surface area contributed by atoms with Crippen LogP contribution in [0.1, 0.15) is 42.1 Å². The number of rotatable bonds is 7. The van der Waals surface area contributed by atoms with Crippen LogP contribution in [0.4, 0.5) is 13.2 Å². The van der Waals surface area contributed by atoms with Crippen molar-refractivity contribution in [1.29, 1.82) is 0 Å². The first-order chi connectivity index (χ1) is 16.2. The fourth-order valence-corrected chi connectivity index (χ4v) is 4.55. The van der Waals surface area contributed by atoms with E-state index in [0.29, 0.717) is 17.5 Å². The molecule has 0 aliphatic carbocycles. The van der Waals surface area contributed by atoms with Crippen LogP contribution in [0.5, 0.6) is 5.88 Å². The Balaban J connectivity index is 1.75. The van der Waals surface area contributed by atoms with Crippen molar-refractivity contribution in [3.8, 4) is 5.88 Å². The summed E-state index contributed by atoms with van der Waals surface area (Å²) in [5, 5.41) is 14.4. The Labute approximate surface area is 200 Å². The lowest BCUT2D eigenvalue weighted by Gasteiger charge is -2.30. The van der Waals surface area contributed by atoms with E-state index in [1.54, 1.807) is 43.0 Å². The van der Waals surface area contributed by atoms with Crippen LogP contribution in [0.3, 0.4) is 0 Å². The van der Waals surface area contributed by atoms with E-state index in [4.69, 9.17) is 9.47 Å². The number of nitrogens with zero attached hydrogens (tertiary/aromatic N) is 2. The molecule has 34 heavy (non-hydrogen) atoms. The predicted octanol–water partition coefficient (Wildman–Crippen LogP) is 5.53. The first kappa shape index (κ1) is 24.6.